The summed E-state index contributed by atoms with van der Waals surface area (Å²) in [4.78, 5) is 15.9. The van der Waals surface area contributed by atoms with Gasteiger partial charge in [0.1, 0.15) is 5.78 Å². The van der Waals surface area contributed by atoms with Gasteiger partial charge in [-0.25, -0.2) is 0 Å². The van der Waals surface area contributed by atoms with E-state index >= 15 is 0 Å². The van der Waals surface area contributed by atoms with Crippen molar-refractivity contribution in [2.75, 3.05) is 0 Å². The van der Waals surface area contributed by atoms with Crippen molar-refractivity contribution in [3.05, 3.63) is 30.1 Å². The molecule has 0 amide bonds. The van der Waals surface area contributed by atoms with Gasteiger partial charge in [0.15, 0.2) is 0 Å². The van der Waals surface area contributed by atoms with E-state index in [9.17, 15) is 4.79 Å². The first kappa shape index (κ1) is 10.9. The molecule has 2 nitrogen and oxygen atoms in total. The van der Waals surface area contributed by atoms with Crippen molar-refractivity contribution in [3.8, 4) is 0 Å². The van der Waals surface area contributed by atoms with Crippen LogP contribution in [0.5, 0.6) is 0 Å². The Hall–Kier alpha value is -1.18. The predicted octanol–water partition coefficient (Wildman–Crippen LogP) is 2.80. The predicted molar refractivity (Wildman–Crippen MR) is 57.1 cm³/mol. The van der Waals surface area contributed by atoms with Crippen LogP contribution in [0.3, 0.4) is 0 Å². The van der Waals surface area contributed by atoms with Gasteiger partial charge in [-0.05, 0) is 17.7 Å². The van der Waals surface area contributed by atoms with Crippen LogP contribution >= 0.6 is 0 Å². The summed E-state index contributed by atoms with van der Waals surface area (Å²) < 4.78 is 0. The Morgan fingerprint density at radius 3 is 2.21 bits per heavy atom. The Kier molecular flexibility index (Phi) is 3.04. The standard InChI is InChI=1S/C12H17NO/c1-9(11(14)12(2,3)4)10-5-7-13-8-6-10/h5-9H,1-4H3. The molecule has 0 bridgehead atoms. The monoisotopic (exact) mass is 191 g/mol. The van der Waals surface area contributed by atoms with Gasteiger partial charge in [0, 0.05) is 23.7 Å². The molecule has 76 valence electrons. The van der Waals surface area contributed by atoms with Gasteiger partial charge in [0.2, 0.25) is 0 Å². The minimum Gasteiger partial charge on any atom is -0.298 e. The molecule has 1 rings (SSSR count). The molecule has 1 heterocycles. The van der Waals surface area contributed by atoms with E-state index in [0.717, 1.165) is 5.56 Å². The average molecular weight is 191 g/mol. The van der Waals surface area contributed by atoms with Gasteiger partial charge in [0.25, 0.3) is 0 Å². The number of nitrogens with zero attached hydrogens (tertiary/aromatic N) is 1. The van der Waals surface area contributed by atoms with E-state index in [1.165, 1.54) is 0 Å². The Labute approximate surface area is 85.4 Å². The molecule has 0 saturated carbocycles. The van der Waals surface area contributed by atoms with E-state index in [-0.39, 0.29) is 17.1 Å². The summed E-state index contributed by atoms with van der Waals surface area (Å²) in [6, 6.07) is 3.79. The van der Waals surface area contributed by atoms with Gasteiger partial charge >= 0.3 is 0 Å². The maximum absolute atomic E-state index is 11.9. The second-order valence-electron chi connectivity index (χ2n) is 4.62. The number of hydrogen-bond acceptors (Lipinski definition) is 2. The highest BCUT2D eigenvalue weighted by molar-refractivity contribution is 5.89. The van der Waals surface area contributed by atoms with E-state index < -0.39 is 0 Å². The SMILES string of the molecule is CC(C(=O)C(C)(C)C)c1ccncc1. The number of Topliss-reactive ketones (excluding diaryl/α,β-unsaturated/α-hetero) is 1. The Bertz CT molecular complexity index is 311. The van der Waals surface area contributed by atoms with Crippen molar-refractivity contribution in [2.45, 2.75) is 33.6 Å². The second-order valence-corrected chi connectivity index (χ2v) is 4.62. The summed E-state index contributed by atoms with van der Waals surface area (Å²) in [5.74, 6) is 0.224. The van der Waals surface area contributed by atoms with E-state index in [1.54, 1.807) is 12.4 Å². The number of carbonyl (C=O) groups excluding carboxylic acids is 1. The Morgan fingerprint density at radius 2 is 1.79 bits per heavy atom. The fourth-order valence-electron chi connectivity index (χ4n) is 1.45. The molecule has 0 saturated heterocycles. The van der Waals surface area contributed by atoms with Crippen LogP contribution in [0, 0.1) is 5.41 Å². The highest BCUT2D eigenvalue weighted by Gasteiger charge is 2.27. The first-order valence-electron chi connectivity index (χ1n) is 4.87. The Morgan fingerprint density at radius 1 is 1.29 bits per heavy atom. The highest BCUT2D eigenvalue weighted by Crippen LogP contribution is 2.26. The third kappa shape index (κ3) is 2.41. The van der Waals surface area contributed by atoms with E-state index in [4.69, 9.17) is 0 Å². The zero-order chi connectivity index (χ0) is 10.8. The first-order chi connectivity index (χ1) is 6.43. The third-order valence-corrected chi connectivity index (χ3v) is 2.34. The molecule has 1 unspecified atom stereocenters. The van der Waals surface area contributed by atoms with Crippen LogP contribution < -0.4 is 0 Å². The molecule has 1 atom stereocenters. The van der Waals surface area contributed by atoms with E-state index in [1.807, 2.05) is 39.8 Å². The maximum Gasteiger partial charge on any atom is 0.145 e. The molecule has 0 fully saturated rings. The van der Waals surface area contributed by atoms with E-state index in [0.29, 0.717) is 0 Å². The Balaban J connectivity index is 2.87. The molecule has 0 spiro atoms. The van der Waals surface area contributed by atoms with Gasteiger partial charge < -0.3 is 0 Å². The minimum atomic E-state index is -0.275. The zero-order valence-corrected chi connectivity index (χ0v) is 9.24. The van der Waals surface area contributed by atoms with Crippen LogP contribution in [0.1, 0.15) is 39.2 Å². The molecular weight excluding hydrogens is 174 g/mol. The van der Waals surface area contributed by atoms with Gasteiger partial charge in [-0.1, -0.05) is 27.7 Å². The molecule has 0 aliphatic carbocycles. The lowest BCUT2D eigenvalue weighted by molar-refractivity contribution is -0.127. The van der Waals surface area contributed by atoms with Gasteiger partial charge in [-0.15, -0.1) is 0 Å². The fourth-order valence-corrected chi connectivity index (χ4v) is 1.45. The van der Waals surface area contributed by atoms with Crippen LogP contribution in [0.4, 0.5) is 0 Å². The normalized spacial score (nSPS) is 13.7. The van der Waals surface area contributed by atoms with Crippen molar-refractivity contribution in [1.82, 2.24) is 4.98 Å². The molecule has 0 aliphatic heterocycles. The molecule has 1 aromatic heterocycles. The molecule has 0 aromatic carbocycles. The van der Waals surface area contributed by atoms with Gasteiger partial charge in [-0.2, -0.15) is 0 Å². The summed E-state index contributed by atoms with van der Waals surface area (Å²) in [6.45, 7) is 7.80. The fraction of sp³-hybridized carbons (Fsp3) is 0.500. The van der Waals surface area contributed by atoms with Crippen LogP contribution in [0.15, 0.2) is 24.5 Å². The highest BCUT2D eigenvalue weighted by atomic mass is 16.1. The summed E-state index contributed by atoms with van der Waals surface area (Å²) >= 11 is 0. The lowest BCUT2D eigenvalue weighted by atomic mass is 9.81. The largest absolute Gasteiger partial charge is 0.298 e. The smallest absolute Gasteiger partial charge is 0.145 e. The zero-order valence-electron chi connectivity index (χ0n) is 9.24. The van der Waals surface area contributed by atoms with Crippen LogP contribution in [-0.4, -0.2) is 10.8 Å². The van der Waals surface area contributed by atoms with Crippen molar-refractivity contribution in [3.63, 3.8) is 0 Å². The number of hydrogen-bond donors (Lipinski definition) is 0. The summed E-state index contributed by atoms with van der Waals surface area (Å²) in [5.41, 5.74) is 0.766. The van der Waals surface area contributed by atoms with Crippen LogP contribution in [0.25, 0.3) is 0 Å². The average Bonchev–Trinajstić information content (AvgIpc) is 2.15. The van der Waals surface area contributed by atoms with Gasteiger partial charge in [0.05, 0.1) is 0 Å². The third-order valence-electron chi connectivity index (χ3n) is 2.34. The lowest BCUT2D eigenvalue weighted by Gasteiger charge is -2.21. The molecule has 1 aromatic rings. The van der Waals surface area contributed by atoms with Crippen molar-refractivity contribution in [1.29, 1.82) is 0 Å². The summed E-state index contributed by atoms with van der Waals surface area (Å²) in [5, 5.41) is 0. The second kappa shape index (κ2) is 3.91. The summed E-state index contributed by atoms with van der Waals surface area (Å²) in [7, 11) is 0. The number of carbonyl (C=O) groups is 1. The first-order valence-corrected chi connectivity index (χ1v) is 4.87. The van der Waals surface area contributed by atoms with E-state index in [2.05, 4.69) is 4.98 Å². The number of rotatable bonds is 2. The van der Waals surface area contributed by atoms with Crippen LogP contribution in [0.2, 0.25) is 0 Å². The molecular formula is C12H17NO. The van der Waals surface area contributed by atoms with Gasteiger partial charge in [-0.3, -0.25) is 9.78 Å². The molecule has 0 N–H and O–H groups in total. The van der Waals surface area contributed by atoms with Crippen molar-refractivity contribution < 1.29 is 4.79 Å². The summed E-state index contributed by atoms with van der Waals surface area (Å²) in [6.07, 6.45) is 3.45. The maximum atomic E-state index is 11.9. The molecule has 2 heteroatoms. The lowest BCUT2D eigenvalue weighted by Crippen LogP contribution is -2.25. The minimum absolute atomic E-state index is 0.0435. The quantitative estimate of drug-likeness (QED) is 0.719. The number of ketones is 1. The number of pyridine rings is 1. The van der Waals surface area contributed by atoms with Crippen LogP contribution in [-0.2, 0) is 4.79 Å². The molecule has 0 radical (unpaired) electrons. The molecule has 14 heavy (non-hydrogen) atoms. The molecule has 0 aliphatic rings. The topological polar surface area (TPSA) is 30.0 Å². The van der Waals surface area contributed by atoms with Crippen molar-refractivity contribution in [2.24, 2.45) is 5.41 Å². The van der Waals surface area contributed by atoms with Crippen molar-refractivity contribution >= 4 is 5.78 Å². The number of aromatic nitrogens is 1.